The van der Waals surface area contributed by atoms with E-state index in [-0.39, 0.29) is 18.3 Å². The van der Waals surface area contributed by atoms with E-state index in [0.29, 0.717) is 25.6 Å². The number of carbonyl (C=O) groups excluding carboxylic acids is 1. The molecule has 1 fully saturated rings. The Labute approximate surface area is 165 Å². The summed E-state index contributed by atoms with van der Waals surface area (Å²) in [5, 5.41) is 6.33. The molecule has 140 valence electrons. The third-order valence-corrected chi connectivity index (χ3v) is 5.21. The predicted molar refractivity (Wildman–Crippen MR) is 111 cm³/mol. The second kappa shape index (κ2) is 11.1. The Kier molecular flexibility index (Phi) is 8.81. The molecular formula is C20H25ClN2O2S. The van der Waals surface area contributed by atoms with Crippen LogP contribution in [-0.2, 0) is 4.79 Å². The summed E-state index contributed by atoms with van der Waals surface area (Å²) < 4.78 is 5.90. The van der Waals surface area contributed by atoms with E-state index in [1.807, 2.05) is 48.2 Å². The first kappa shape index (κ1) is 20.6. The molecule has 1 amide bonds. The lowest BCUT2D eigenvalue weighted by molar-refractivity contribution is -0.121. The van der Waals surface area contributed by atoms with Gasteiger partial charge in [0.2, 0.25) is 5.91 Å². The molecule has 4 nitrogen and oxygen atoms in total. The number of thioether (sulfide) groups is 1. The van der Waals surface area contributed by atoms with Crippen molar-refractivity contribution < 1.29 is 9.53 Å². The minimum atomic E-state index is 0. The number of hydrogen-bond acceptors (Lipinski definition) is 4. The average Bonchev–Trinajstić information content (AvgIpc) is 2.67. The van der Waals surface area contributed by atoms with E-state index < -0.39 is 0 Å². The van der Waals surface area contributed by atoms with Crippen LogP contribution < -0.4 is 15.4 Å². The number of carbonyl (C=O) groups is 1. The summed E-state index contributed by atoms with van der Waals surface area (Å²) in [6.45, 7) is 1.96. The highest BCUT2D eigenvalue weighted by molar-refractivity contribution is 7.99. The topological polar surface area (TPSA) is 50.4 Å². The Morgan fingerprint density at radius 3 is 2.69 bits per heavy atom. The zero-order chi connectivity index (χ0) is 17.3. The van der Waals surface area contributed by atoms with E-state index in [4.69, 9.17) is 4.74 Å². The highest BCUT2D eigenvalue weighted by Crippen LogP contribution is 2.29. The van der Waals surface area contributed by atoms with Gasteiger partial charge in [-0.2, -0.15) is 11.8 Å². The SMILES string of the molecule is Cl.O=C(CC1CSCCN1)NCCOc1ccccc1-c1ccccc1. The average molecular weight is 393 g/mol. The lowest BCUT2D eigenvalue weighted by atomic mass is 10.1. The maximum absolute atomic E-state index is 12.0. The molecular weight excluding hydrogens is 368 g/mol. The lowest BCUT2D eigenvalue weighted by Crippen LogP contribution is -2.41. The van der Waals surface area contributed by atoms with Crippen LogP contribution in [0.1, 0.15) is 6.42 Å². The molecule has 1 atom stereocenters. The van der Waals surface area contributed by atoms with Crippen molar-refractivity contribution in [2.75, 3.05) is 31.2 Å². The smallest absolute Gasteiger partial charge is 0.221 e. The predicted octanol–water partition coefficient (Wildman–Crippen LogP) is 3.37. The van der Waals surface area contributed by atoms with Crippen molar-refractivity contribution in [3.8, 4) is 16.9 Å². The number of para-hydroxylation sites is 1. The summed E-state index contributed by atoms with van der Waals surface area (Å²) >= 11 is 1.90. The molecule has 2 N–H and O–H groups in total. The first-order chi connectivity index (χ1) is 12.3. The largest absolute Gasteiger partial charge is 0.491 e. The van der Waals surface area contributed by atoms with Crippen LogP contribution in [0.15, 0.2) is 54.6 Å². The number of halogens is 1. The van der Waals surface area contributed by atoms with Gasteiger partial charge in [0, 0.05) is 36.1 Å². The van der Waals surface area contributed by atoms with Crippen LogP contribution in [0.3, 0.4) is 0 Å². The third kappa shape index (κ3) is 6.24. The van der Waals surface area contributed by atoms with Crippen molar-refractivity contribution >= 4 is 30.1 Å². The van der Waals surface area contributed by atoms with Crippen LogP contribution in [-0.4, -0.2) is 43.2 Å². The van der Waals surface area contributed by atoms with Gasteiger partial charge in [0.25, 0.3) is 0 Å². The molecule has 0 saturated carbocycles. The van der Waals surface area contributed by atoms with Crippen molar-refractivity contribution in [2.45, 2.75) is 12.5 Å². The van der Waals surface area contributed by atoms with Gasteiger partial charge in [0.1, 0.15) is 12.4 Å². The van der Waals surface area contributed by atoms with E-state index in [1.54, 1.807) is 0 Å². The van der Waals surface area contributed by atoms with Crippen LogP contribution in [0.4, 0.5) is 0 Å². The zero-order valence-electron chi connectivity index (χ0n) is 14.6. The van der Waals surface area contributed by atoms with Crippen LogP contribution >= 0.6 is 24.2 Å². The van der Waals surface area contributed by atoms with E-state index in [1.165, 1.54) is 0 Å². The van der Waals surface area contributed by atoms with Gasteiger partial charge in [-0.1, -0.05) is 48.5 Å². The molecule has 0 radical (unpaired) electrons. The summed E-state index contributed by atoms with van der Waals surface area (Å²) in [7, 11) is 0. The zero-order valence-corrected chi connectivity index (χ0v) is 16.3. The highest BCUT2D eigenvalue weighted by Gasteiger charge is 2.16. The Morgan fingerprint density at radius 1 is 1.15 bits per heavy atom. The van der Waals surface area contributed by atoms with E-state index in [9.17, 15) is 4.79 Å². The van der Waals surface area contributed by atoms with Crippen molar-refractivity contribution in [3.63, 3.8) is 0 Å². The van der Waals surface area contributed by atoms with Crippen molar-refractivity contribution in [1.82, 2.24) is 10.6 Å². The summed E-state index contributed by atoms with van der Waals surface area (Å²) in [5.74, 6) is 3.06. The third-order valence-electron chi connectivity index (χ3n) is 4.08. The Hall–Kier alpha value is -1.69. The minimum absolute atomic E-state index is 0. The molecule has 1 aliphatic rings. The quantitative estimate of drug-likeness (QED) is 0.709. The molecule has 1 unspecified atom stereocenters. The molecule has 1 saturated heterocycles. The van der Waals surface area contributed by atoms with Gasteiger partial charge in [-0.3, -0.25) is 4.79 Å². The van der Waals surface area contributed by atoms with E-state index in [2.05, 4.69) is 28.8 Å². The van der Waals surface area contributed by atoms with Gasteiger partial charge in [0.15, 0.2) is 0 Å². The van der Waals surface area contributed by atoms with Crippen LogP contribution in [0.25, 0.3) is 11.1 Å². The number of amides is 1. The second-order valence-electron chi connectivity index (χ2n) is 5.99. The molecule has 26 heavy (non-hydrogen) atoms. The highest BCUT2D eigenvalue weighted by atomic mass is 35.5. The van der Waals surface area contributed by atoms with Gasteiger partial charge in [-0.25, -0.2) is 0 Å². The number of benzene rings is 2. The number of ether oxygens (including phenoxy) is 1. The first-order valence-corrected chi connectivity index (χ1v) is 9.83. The van der Waals surface area contributed by atoms with Crippen LogP contribution in [0.5, 0.6) is 5.75 Å². The van der Waals surface area contributed by atoms with E-state index >= 15 is 0 Å². The lowest BCUT2D eigenvalue weighted by Gasteiger charge is -2.22. The second-order valence-corrected chi connectivity index (χ2v) is 7.14. The molecule has 0 aromatic heterocycles. The van der Waals surface area contributed by atoms with Gasteiger partial charge >= 0.3 is 0 Å². The molecule has 1 aliphatic heterocycles. The molecule has 2 aromatic carbocycles. The normalized spacial score (nSPS) is 16.4. The van der Waals surface area contributed by atoms with Gasteiger partial charge in [-0.15, -0.1) is 12.4 Å². The fourth-order valence-electron chi connectivity index (χ4n) is 2.85. The number of nitrogens with one attached hydrogen (secondary N) is 2. The molecule has 1 heterocycles. The summed E-state index contributed by atoms with van der Waals surface area (Å²) in [4.78, 5) is 12.0. The van der Waals surface area contributed by atoms with Crippen molar-refractivity contribution in [2.24, 2.45) is 0 Å². The maximum Gasteiger partial charge on any atom is 0.221 e. The van der Waals surface area contributed by atoms with E-state index in [0.717, 1.165) is 34.9 Å². The molecule has 0 spiro atoms. The van der Waals surface area contributed by atoms with Crippen LogP contribution in [0.2, 0.25) is 0 Å². The molecule has 0 bridgehead atoms. The van der Waals surface area contributed by atoms with Crippen molar-refractivity contribution in [3.05, 3.63) is 54.6 Å². The fraction of sp³-hybridized carbons (Fsp3) is 0.350. The fourth-order valence-corrected chi connectivity index (χ4v) is 3.80. The van der Waals surface area contributed by atoms with Gasteiger partial charge in [0.05, 0.1) is 6.54 Å². The number of hydrogen-bond donors (Lipinski definition) is 2. The summed E-state index contributed by atoms with van der Waals surface area (Å²) in [5.41, 5.74) is 2.20. The Morgan fingerprint density at radius 2 is 1.92 bits per heavy atom. The van der Waals surface area contributed by atoms with Gasteiger partial charge < -0.3 is 15.4 Å². The maximum atomic E-state index is 12.0. The number of rotatable bonds is 7. The first-order valence-electron chi connectivity index (χ1n) is 8.68. The Bertz CT molecular complexity index is 679. The minimum Gasteiger partial charge on any atom is -0.491 e. The Balaban J connectivity index is 0.00000243. The molecule has 6 heteroatoms. The standard InChI is InChI=1S/C20H24N2O2S.ClH/c23-20(14-17-15-25-13-11-21-17)22-10-12-24-19-9-5-4-8-18(19)16-6-2-1-3-7-16;/h1-9,17,21H,10-15H2,(H,22,23);1H. The molecule has 0 aliphatic carbocycles. The monoisotopic (exact) mass is 392 g/mol. The van der Waals surface area contributed by atoms with Gasteiger partial charge in [-0.05, 0) is 11.6 Å². The molecule has 2 aromatic rings. The summed E-state index contributed by atoms with van der Waals surface area (Å²) in [6, 6.07) is 18.5. The van der Waals surface area contributed by atoms with Crippen molar-refractivity contribution in [1.29, 1.82) is 0 Å². The van der Waals surface area contributed by atoms with Crippen LogP contribution in [0, 0.1) is 0 Å². The molecule has 3 rings (SSSR count). The summed E-state index contributed by atoms with van der Waals surface area (Å²) in [6.07, 6.45) is 0.535.